The highest BCUT2D eigenvalue weighted by atomic mass is 35.5. The summed E-state index contributed by atoms with van der Waals surface area (Å²) in [6, 6.07) is 19.4. The van der Waals surface area contributed by atoms with Gasteiger partial charge in [0, 0.05) is 5.56 Å². The number of hydrogen-bond donors (Lipinski definition) is 1. The first-order chi connectivity index (χ1) is 15.0. The van der Waals surface area contributed by atoms with E-state index in [1.54, 1.807) is 42.5 Å². The van der Waals surface area contributed by atoms with Crippen LogP contribution in [0.2, 0.25) is 5.02 Å². The number of carbonyl (C=O) groups excluding carboxylic acids is 1. The first-order valence-corrected chi connectivity index (χ1v) is 10.7. The fraction of sp³-hybridized carbons (Fsp3) is 0.0833. The molecule has 0 radical (unpaired) electrons. The van der Waals surface area contributed by atoms with E-state index in [1.807, 2.05) is 31.2 Å². The first kappa shape index (κ1) is 21.2. The Hall–Kier alpha value is -3.09. The molecule has 0 spiro atoms. The van der Waals surface area contributed by atoms with Crippen LogP contribution in [-0.4, -0.2) is 11.1 Å². The summed E-state index contributed by atoms with van der Waals surface area (Å²) in [5.41, 5.74) is 3.11. The minimum Gasteiger partial charge on any atom is -0.487 e. The number of aliphatic imine (C=N–C) groups is 1. The number of halogens is 2. The third-order valence-corrected chi connectivity index (χ3v) is 5.72. The minimum absolute atomic E-state index is 0.0733. The van der Waals surface area contributed by atoms with Crippen LogP contribution in [-0.2, 0) is 11.4 Å². The molecule has 1 fully saturated rings. The van der Waals surface area contributed by atoms with Gasteiger partial charge in [0.2, 0.25) is 0 Å². The first-order valence-electron chi connectivity index (χ1n) is 9.50. The van der Waals surface area contributed by atoms with E-state index in [-0.39, 0.29) is 18.3 Å². The molecule has 31 heavy (non-hydrogen) atoms. The van der Waals surface area contributed by atoms with Gasteiger partial charge in [-0.1, -0.05) is 53.6 Å². The van der Waals surface area contributed by atoms with Gasteiger partial charge in [-0.3, -0.25) is 4.79 Å². The van der Waals surface area contributed by atoms with E-state index in [1.165, 1.54) is 17.8 Å². The van der Waals surface area contributed by atoms with Crippen LogP contribution < -0.4 is 10.1 Å². The van der Waals surface area contributed by atoms with Crippen molar-refractivity contribution >= 4 is 46.2 Å². The molecule has 0 saturated carbocycles. The lowest BCUT2D eigenvalue weighted by Crippen LogP contribution is -2.19. The summed E-state index contributed by atoms with van der Waals surface area (Å²) in [5.74, 6) is -0.101. The summed E-state index contributed by atoms with van der Waals surface area (Å²) in [6.45, 7) is 2.08. The van der Waals surface area contributed by atoms with Gasteiger partial charge in [-0.05, 0) is 60.7 Å². The molecule has 0 unspecified atom stereocenters. The van der Waals surface area contributed by atoms with Crippen LogP contribution in [0.1, 0.15) is 16.7 Å². The van der Waals surface area contributed by atoms with Crippen LogP contribution in [0, 0.1) is 12.7 Å². The van der Waals surface area contributed by atoms with Crippen molar-refractivity contribution < 1.29 is 13.9 Å². The Morgan fingerprint density at radius 1 is 1.13 bits per heavy atom. The number of aryl methyl sites for hydroxylation is 1. The van der Waals surface area contributed by atoms with Gasteiger partial charge < -0.3 is 10.1 Å². The molecule has 3 aromatic carbocycles. The lowest BCUT2D eigenvalue weighted by atomic mass is 10.2. The fourth-order valence-electron chi connectivity index (χ4n) is 2.86. The quantitative estimate of drug-likeness (QED) is 0.465. The molecular weight excluding hydrogens is 435 g/mol. The van der Waals surface area contributed by atoms with Gasteiger partial charge in [0.05, 0.1) is 15.6 Å². The van der Waals surface area contributed by atoms with E-state index in [9.17, 15) is 9.18 Å². The topological polar surface area (TPSA) is 50.7 Å². The Morgan fingerprint density at radius 2 is 1.90 bits per heavy atom. The summed E-state index contributed by atoms with van der Waals surface area (Å²) in [7, 11) is 0. The normalized spacial score (nSPS) is 16.0. The molecule has 4 nitrogen and oxygen atoms in total. The molecular formula is C24H18ClFN2O2S. The SMILES string of the molecule is Cc1ccc(N=C2NC(=O)/C(=C/c3ccc(OCc4ccccc4F)c(Cl)c3)S2)cc1. The van der Waals surface area contributed by atoms with E-state index >= 15 is 0 Å². The van der Waals surface area contributed by atoms with Gasteiger partial charge in [0.1, 0.15) is 18.2 Å². The molecule has 0 atom stereocenters. The van der Waals surface area contributed by atoms with Crippen LogP contribution in [0.15, 0.2) is 76.6 Å². The zero-order chi connectivity index (χ0) is 21.8. The van der Waals surface area contributed by atoms with Crippen molar-refractivity contribution in [2.45, 2.75) is 13.5 Å². The Bertz CT molecular complexity index is 1190. The molecule has 3 aromatic rings. The third kappa shape index (κ3) is 5.34. The standard InChI is InChI=1S/C24H18ClFN2O2S/c1-15-6-9-18(10-7-15)27-24-28-23(29)22(31-24)13-16-8-11-21(19(25)12-16)30-14-17-4-2-3-5-20(17)26/h2-13H,14H2,1H3,(H,27,28,29)/b22-13-. The Morgan fingerprint density at radius 3 is 2.65 bits per heavy atom. The molecule has 1 N–H and O–H groups in total. The molecule has 0 aliphatic carbocycles. The van der Waals surface area contributed by atoms with Crippen molar-refractivity contribution in [2.24, 2.45) is 4.99 Å². The van der Waals surface area contributed by atoms with E-state index < -0.39 is 0 Å². The van der Waals surface area contributed by atoms with Gasteiger partial charge in [-0.25, -0.2) is 9.38 Å². The molecule has 4 rings (SSSR count). The zero-order valence-electron chi connectivity index (χ0n) is 16.6. The van der Waals surface area contributed by atoms with Crippen molar-refractivity contribution in [3.05, 3.63) is 99.2 Å². The summed E-state index contributed by atoms with van der Waals surface area (Å²) >= 11 is 7.59. The van der Waals surface area contributed by atoms with E-state index in [0.29, 0.717) is 26.4 Å². The summed E-state index contributed by atoms with van der Waals surface area (Å²) in [6.07, 6.45) is 1.74. The molecule has 0 aromatic heterocycles. The summed E-state index contributed by atoms with van der Waals surface area (Å²) < 4.78 is 19.4. The van der Waals surface area contributed by atoms with Crippen molar-refractivity contribution in [2.75, 3.05) is 0 Å². The molecule has 156 valence electrons. The van der Waals surface area contributed by atoms with E-state index in [0.717, 1.165) is 16.8 Å². The maximum Gasteiger partial charge on any atom is 0.264 e. The number of ether oxygens (including phenoxy) is 1. The van der Waals surface area contributed by atoms with Gasteiger partial charge in [-0.15, -0.1) is 0 Å². The van der Waals surface area contributed by atoms with Gasteiger partial charge in [0.25, 0.3) is 5.91 Å². The monoisotopic (exact) mass is 452 g/mol. The largest absolute Gasteiger partial charge is 0.487 e. The zero-order valence-corrected chi connectivity index (χ0v) is 18.1. The lowest BCUT2D eigenvalue weighted by Gasteiger charge is -2.09. The predicted molar refractivity (Wildman–Crippen MR) is 124 cm³/mol. The molecule has 1 saturated heterocycles. The Kier molecular flexibility index (Phi) is 6.39. The van der Waals surface area contributed by atoms with Crippen molar-refractivity contribution in [1.29, 1.82) is 0 Å². The van der Waals surface area contributed by atoms with E-state index in [4.69, 9.17) is 16.3 Å². The van der Waals surface area contributed by atoms with Crippen LogP contribution in [0.25, 0.3) is 6.08 Å². The number of benzene rings is 3. The highest BCUT2D eigenvalue weighted by molar-refractivity contribution is 8.18. The van der Waals surface area contributed by atoms with Crippen molar-refractivity contribution in [3.63, 3.8) is 0 Å². The number of rotatable bonds is 5. The second-order valence-corrected chi connectivity index (χ2v) is 8.33. The highest BCUT2D eigenvalue weighted by Gasteiger charge is 2.23. The summed E-state index contributed by atoms with van der Waals surface area (Å²) in [5, 5.41) is 3.67. The molecule has 1 aliphatic rings. The molecule has 0 bridgehead atoms. The van der Waals surface area contributed by atoms with Gasteiger partial charge >= 0.3 is 0 Å². The van der Waals surface area contributed by atoms with Crippen LogP contribution in [0.4, 0.5) is 10.1 Å². The predicted octanol–water partition coefficient (Wildman–Crippen LogP) is 6.26. The lowest BCUT2D eigenvalue weighted by molar-refractivity contribution is -0.115. The molecule has 7 heteroatoms. The minimum atomic E-state index is -0.327. The molecule has 1 aliphatic heterocycles. The van der Waals surface area contributed by atoms with E-state index in [2.05, 4.69) is 10.3 Å². The molecule has 1 amide bonds. The van der Waals surface area contributed by atoms with Crippen molar-refractivity contribution in [1.82, 2.24) is 5.32 Å². The Balaban J connectivity index is 1.46. The maximum absolute atomic E-state index is 13.7. The smallest absolute Gasteiger partial charge is 0.264 e. The van der Waals surface area contributed by atoms with Gasteiger partial charge in [-0.2, -0.15) is 0 Å². The number of amides is 1. The average Bonchev–Trinajstić information content (AvgIpc) is 3.09. The maximum atomic E-state index is 13.7. The summed E-state index contributed by atoms with van der Waals surface area (Å²) in [4.78, 5) is 17.3. The number of nitrogens with zero attached hydrogens (tertiary/aromatic N) is 1. The molecule has 1 heterocycles. The second-order valence-electron chi connectivity index (χ2n) is 6.89. The number of amidine groups is 1. The second kappa shape index (κ2) is 9.37. The third-order valence-electron chi connectivity index (χ3n) is 4.51. The van der Waals surface area contributed by atoms with Crippen LogP contribution in [0.5, 0.6) is 5.75 Å². The number of hydrogen-bond acceptors (Lipinski definition) is 4. The van der Waals surface area contributed by atoms with Crippen LogP contribution in [0.3, 0.4) is 0 Å². The average molecular weight is 453 g/mol. The fourth-order valence-corrected chi connectivity index (χ4v) is 3.95. The number of carbonyl (C=O) groups is 1. The van der Waals surface area contributed by atoms with Gasteiger partial charge in [0.15, 0.2) is 5.17 Å². The highest BCUT2D eigenvalue weighted by Crippen LogP contribution is 2.31. The number of thioether (sulfide) groups is 1. The van der Waals surface area contributed by atoms with Crippen molar-refractivity contribution in [3.8, 4) is 5.75 Å². The van der Waals surface area contributed by atoms with Crippen LogP contribution >= 0.6 is 23.4 Å². The number of nitrogens with one attached hydrogen (secondary N) is 1. The Labute approximate surface area is 188 Å².